The lowest BCUT2D eigenvalue weighted by molar-refractivity contribution is -0.140. The Labute approximate surface area is 93.7 Å². The van der Waals surface area contributed by atoms with Crippen LogP contribution in [0.3, 0.4) is 0 Å². The normalized spacial score (nSPS) is 12.2. The number of hydrogen-bond acceptors (Lipinski definition) is 4. The summed E-state index contributed by atoms with van der Waals surface area (Å²) in [5, 5.41) is -1.30. The van der Waals surface area contributed by atoms with E-state index in [9.17, 15) is 26.4 Å². The average Bonchev–Trinajstić information content (AvgIpc) is 2.14. The molecule has 0 aliphatic carbocycles. The molecule has 0 fully saturated rings. The molecule has 6 nitrogen and oxygen atoms in total. The van der Waals surface area contributed by atoms with Gasteiger partial charge >= 0.3 is 12.2 Å². The number of alkyl halides is 3. The molecule has 1 aromatic rings. The maximum Gasteiger partial charge on any atom is 0.419 e. The zero-order valence-corrected chi connectivity index (χ0v) is 8.84. The van der Waals surface area contributed by atoms with E-state index < -0.39 is 32.8 Å². The van der Waals surface area contributed by atoms with Gasteiger partial charge in [0.15, 0.2) is 5.03 Å². The number of pyridine rings is 1. The summed E-state index contributed by atoms with van der Waals surface area (Å²) in [6.45, 7) is 0. The van der Waals surface area contributed by atoms with Crippen LogP contribution in [0.1, 0.15) is 5.56 Å². The Balaban J connectivity index is 3.38. The van der Waals surface area contributed by atoms with Crippen molar-refractivity contribution in [3.63, 3.8) is 0 Å². The SMILES string of the molecule is NC(=O)NS(=O)(=O)c1ncccc1C(F)(F)F. The third-order valence-corrected chi connectivity index (χ3v) is 2.87. The van der Waals surface area contributed by atoms with Crippen molar-refractivity contribution < 1.29 is 26.4 Å². The topological polar surface area (TPSA) is 102 Å². The first-order valence-electron chi connectivity index (χ1n) is 3.99. The summed E-state index contributed by atoms with van der Waals surface area (Å²) in [7, 11) is -4.73. The van der Waals surface area contributed by atoms with Crippen LogP contribution >= 0.6 is 0 Å². The maximum atomic E-state index is 12.5. The van der Waals surface area contributed by atoms with E-state index in [-0.39, 0.29) is 0 Å². The van der Waals surface area contributed by atoms with Crippen LogP contribution < -0.4 is 10.5 Å². The summed E-state index contributed by atoms with van der Waals surface area (Å²) < 4.78 is 61.3. The number of carbonyl (C=O) groups is 1. The van der Waals surface area contributed by atoms with Crippen LogP contribution in [-0.4, -0.2) is 19.4 Å². The van der Waals surface area contributed by atoms with Crippen LogP contribution in [0.15, 0.2) is 23.4 Å². The Kier molecular flexibility index (Phi) is 3.27. The summed E-state index contributed by atoms with van der Waals surface area (Å²) in [6.07, 6.45) is -4.05. The number of nitrogens with one attached hydrogen (secondary N) is 1. The Morgan fingerprint density at radius 2 is 2.00 bits per heavy atom. The maximum absolute atomic E-state index is 12.5. The summed E-state index contributed by atoms with van der Waals surface area (Å²) in [6, 6.07) is -0.0435. The van der Waals surface area contributed by atoms with Crippen molar-refractivity contribution in [1.82, 2.24) is 9.71 Å². The molecule has 2 amide bonds. The Morgan fingerprint density at radius 3 is 2.47 bits per heavy atom. The van der Waals surface area contributed by atoms with Crippen molar-refractivity contribution in [2.24, 2.45) is 5.73 Å². The summed E-state index contributed by atoms with van der Waals surface area (Å²) in [4.78, 5) is 13.5. The van der Waals surface area contributed by atoms with Gasteiger partial charge in [-0.3, -0.25) is 0 Å². The zero-order valence-electron chi connectivity index (χ0n) is 8.02. The summed E-state index contributed by atoms with van der Waals surface area (Å²) in [5.41, 5.74) is 3.06. The van der Waals surface area contributed by atoms with Crippen LogP contribution in [0.2, 0.25) is 0 Å². The number of primary amides is 1. The molecule has 94 valence electrons. The fourth-order valence-corrected chi connectivity index (χ4v) is 2.04. The monoisotopic (exact) mass is 269 g/mol. The number of nitrogens with two attached hydrogens (primary N) is 1. The van der Waals surface area contributed by atoms with E-state index in [1.165, 1.54) is 4.72 Å². The minimum Gasteiger partial charge on any atom is -0.351 e. The zero-order chi connectivity index (χ0) is 13.3. The van der Waals surface area contributed by atoms with Gasteiger partial charge in [0.1, 0.15) is 0 Å². The number of hydrogen-bond donors (Lipinski definition) is 2. The van der Waals surface area contributed by atoms with Crippen molar-refractivity contribution in [1.29, 1.82) is 0 Å². The molecule has 0 spiro atoms. The molecule has 0 unspecified atom stereocenters. The van der Waals surface area contributed by atoms with Gasteiger partial charge in [-0.15, -0.1) is 0 Å². The Hall–Kier alpha value is -1.84. The second kappa shape index (κ2) is 4.20. The lowest BCUT2D eigenvalue weighted by Gasteiger charge is -2.11. The van der Waals surface area contributed by atoms with Crippen molar-refractivity contribution in [3.05, 3.63) is 23.9 Å². The van der Waals surface area contributed by atoms with E-state index >= 15 is 0 Å². The van der Waals surface area contributed by atoms with E-state index in [1.807, 2.05) is 0 Å². The lowest BCUT2D eigenvalue weighted by atomic mass is 10.3. The third-order valence-electron chi connectivity index (χ3n) is 1.57. The largest absolute Gasteiger partial charge is 0.419 e. The second-order valence-electron chi connectivity index (χ2n) is 2.82. The lowest BCUT2D eigenvalue weighted by Crippen LogP contribution is -2.36. The van der Waals surface area contributed by atoms with Crippen LogP contribution in [0, 0.1) is 0 Å². The van der Waals surface area contributed by atoms with Crippen LogP contribution in [-0.2, 0) is 16.2 Å². The highest BCUT2D eigenvalue weighted by Crippen LogP contribution is 2.32. The number of urea groups is 1. The van der Waals surface area contributed by atoms with Gasteiger partial charge in [-0.05, 0) is 12.1 Å². The highest BCUT2D eigenvalue weighted by Gasteiger charge is 2.38. The average molecular weight is 269 g/mol. The van der Waals surface area contributed by atoms with Gasteiger partial charge in [0.2, 0.25) is 0 Å². The molecule has 0 saturated heterocycles. The van der Waals surface area contributed by atoms with Crippen LogP contribution in [0.4, 0.5) is 18.0 Å². The first-order chi connectivity index (χ1) is 7.64. The molecule has 0 radical (unpaired) electrons. The predicted molar refractivity (Wildman–Crippen MR) is 49.1 cm³/mol. The molecule has 1 aromatic heterocycles. The van der Waals surface area contributed by atoms with Gasteiger partial charge < -0.3 is 5.73 Å². The van der Waals surface area contributed by atoms with Crippen molar-refractivity contribution in [3.8, 4) is 0 Å². The van der Waals surface area contributed by atoms with Crippen molar-refractivity contribution in [2.75, 3.05) is 0 Å². The third kappa shape index (κ3) is 3.06. The van der Waals surface area contributed by atoms with Gasteiger partial charge in [0, 0.05) is 6.20 Å². The summed E-state index contributed by atoms with van der Waals surface area (Å²) in [5.74, 6) is 0. The van der Waals surface area contributed by atoms with Crippen LogP contribution in [0.25, 0.3) is 0 Å². The number of sulfonamides is 1. The Bertz CT molecular complexity index is 541. The number of nitrogens with zero attached hydrogens (tertiary/aromatic N) is 1. The minimum atomic E-state index is -4.91. The quantitative estimate of drug-likeness (QED) is 0.814. The van der Waals surface area contributed by atoms with Crippen LogP contribution in [0.5, 0.6) is 0 Å². The van der Waals surface area contributed by atoms with E-state index in [0.29, 0.717) is 6.07 Å². The van der Waals surface area contributed by atoms with E-state index in [0.717, 1.165) is 12.3 Å². The number of carbonyl (C=O) groups excluding carboxylic acids is 1. The smallest absolute Gasteiger partial charge is 0.351 e. The number of amides is 2. The van der Waals surface area contributed by atoms with E-state index in [2.05, 4.69) is 10.7 Å². The standard InChI is InChI=1S/C7H6F3N3O3S/c8-7(9,10)4-2-1-3-12-5(4)17(15,16)13-6(11)14/h1-3H,(H3,11,13,14). The minimum absolute atomic E-state index is 0.530. The van der Waals surface area contributed by atoms with Gasteiger partial charge in [-0.2, -0.15) is 21.6 Å². The highest BCUT2D eigenvalue weighted by atomic mass is 32.2. The second-order valence-corrected chi connectivity index (χ2v) is 4.42. The predicted octanol–water partition coefficient (Wildman–Crippen LogP) is 0.457. The first-order valence-corrected chi connectivity index (χ1v) is 5.47. The molecular formula is C7H6F3N3O3S. The molecule has 0 aliphatic rings. The molecule has 0 saturated carbocycles. The number of aromatic nitrogens is 1. The molecule has 1 rings (SSSR count). The first kappa shape index (κ1) is 13.2. The number of rotatable bonds is 2. The molecule has 17 heavy (non-hydrogen) atoms. The van der Waals surface area contributed by atoms with E-state index in [1.54, 1.807) is 0 Å². The van der Waals surface area contributed by atoms with Gasteiger partial charge in [0.25, 0.3) is 10.0 Å². The molecule has 10 heteroatoms. The molecule has 0 bridgehead atoms. The van der Waals surface area contributed by atoms with Gasteiger partial charge in [-0.1, -0.05) is 0 Å². The molecule has 0 atom stereocenters. The Morgan fingerprint density at radius 1 is 1.41 bits per heavy atom. The molecule has 1 heterocycles. The van der Waals surface area contributed by atoms with E-state index in [4.69, 9.17) is 0 Å². The number of halogens is 3. The fourth-order valence-electron chi connectivity index (χ4n) is 1.00. The fraction of sp³-hybridized carbons (Fsp3) is 0.143. The molecule has 0 aromatic carbocycles. The molecular weight excluding hydrogens is 263 g/mol. The molecule has 0 aliphatic heterocycles. The molecule has 3 N–H and O–H groups in total. The van der Waals surface area contributed by atoms with Gasteiger partial charge in [-0.25, -0.2) is 14.5 Å². The van der Waals surface area contributed by atoms with Gasteiger partial charge in [0.05, 0.1) is 5.56 Å². The van der Waals surface area contributed by atoms with Crippen molar-refractivity contribution in [2.45, 2.75) is 11.2 Å². The highest BCUT2D eigenvalue weighted by molar-refractivity contribution is 7.90. The van der Waals surface area contributed by atoms with Crippen molar-refractivity contribution >= 4 is 16.1 Å². The summed E-state index contributed by atoms with van der Waals surface area (Å²) >= 11 is 0.